The number of rotatable bonds is 9. The second-order valence-electron chi connectivity index (χ2n) is 6.41. The SMILES string of the molecule is CCOc1ccc(CCN2C(=O)/C(=C\c3ccnn3CC)NC2=S)cc1OCC. The molecule has 154 valence electrons. The molecule has 1 N–H and O–H groups in total. The number of benzene rings is 1. The van der Waals surface area contributed by atoms with Gasteiger partial charge in [0.1, 0.15) is 5.70 Å². The monoisotopic (exact) mass is 414 g/mol. The van der Waals surface area contributed by atoms with Crippen molar-refractivity contribution in [2.45, 2.75) is 33.7 Å². The summed E-state index contributed by atoms with van der Waals surface area (Å²) in [4.78, 5) is 14.4. The summed E-state index contributed by atoms with van der Waals surface area (Å²) in [6.07, 6.45) is 4.16. The van der Waals surface area contributed by atoms with Gasteiger partial charge in [0, 0.05) is 19.3 Å². The Hall–Kier alpha value is -2.87. The minimum Gasteiger partial charge on any atom is -0.490 e. The van der Waals surface area contributed by atoms with Crippen LogP contribution in [0.2, 0.25) is 0 Å². The predicted molar refractivity (Wildman–Crippen MR) is 116 cm³/mol. The molecule has 1 fully saturated rings. The van der Waals surface area contributed by atoms with E-state index in [9.17, 15) is 4.79 Å². The zero-order valence-corrected chi connectivity index (χ0v) is 17.8. The van der Waals surface area contributed by atoms with E-state index < -0.39 is 0 Å². The van der Waals surface area contributed by atoms with Crippen LogP contribution in [-0.4, -0.2) is 45.5 Å². The second-order valence-corrected chi connectivity index (χ2v) is 6.80. The molecule has 0 bridgehead atoms. The molecule has 0 saturated carbocycles. The minimum absolute atomic E-state index is 0.130. The van der Waals surface area contributed by atoms with Gasteiger partial charge in [0.05, 0.1) is 18.9 Å². The van der Waals surface area contributed by atoms with Gasteiger partial charge < -0.3 is 14.8 Å². The van der Waals surface area contributed by atoms with Crippen LogP contribution in [0.4, 0.5) is 0 Å². The Bertz CT molecular complexity index is 922. The van der Waals surface area contributed by atoms with Crippen LogP contribution >= 0.6 is 12.2 Å². The van der Waals surface area contributed by atoms with E-state index in [4.69, 9.17) is 21.7 Å². The lowest BCUT2D eigenvalue weighted by Gasteiger charge is -2.15. The molecule has 1 aromatic heterocycles. The maximum Gasteiger partial charge on any atom is 0.276 e. The highest BCUT2D eigenvalue weighted by atomic mass is 32.1. The molecular formula is C21H26N4O3S. The summed E-state index contributed by atoms with van der Waals surface area (Å²) < 4.78 is 13.1. The molecule has 2 heterocycles. The van der Waals surface area contributed by atoms with Crippen LogP contribution in [0.25, 0.3) is 6.08 Å². The van der Waals surface area contributed by atoms with Crippen LogP contribution in [0.15, 0.2) is 36.2 Å². The van der Waals surface area contributed by atoms with Crippen molar-refractivity contribution in [3.8, 4) is 11.5 Å². The lowest BCUT2D eigenvalue weighted by atomic mass is 10.1. The number of hydrogen-bond donors (Lipinski definition) is 1. The van der Waals surface area contributed by atoms with E-state index in [0.29, 0.717) is 42.7 Å². The summed E-state index contributed by atoms with van der Waals surface area (Å²) in [5.74, 6) is 1.31. The molecule has 7 nitrogen and oxygen atoms in total. The maximum atomic E-state index is 12.8. The Kier molecular flexibility index (Phi) is 6.87. The first-order chi connectivity index (χ1) is 14.1. The van der Waals surface area contributed by atoms with Gasteiger partial charge in [-0.05, 0) is 69.2 Å². The number of amides is 1. The molecular weight excluding hydrogens is 388 g/mol. The van der Waals surface area contributed by atoms with Crippen LogP contribution in [-0.2, 0) is 17.8 Å². The smallest absolute Gasteiger partial charge is 0.276 e. The lowest BCUT2D eigenvalue weighted by molar-refractivity contribution is -0.122. The van der Waals surface area contributed by atoms with Gasteiger partial charge in [0.15, 0.2) is 16.6 Å². The van der Waals surface area contributed by atoms with E-state index in [0.717, 1.165) is 23.6 Å². The van der Waals surface area contributed by atoms with E-state index in [1.54, 1.807) is 17.2 Å². The molecule has 1 aliphatic rings. The van der Waals surface area contributed by atoms with Gasteiger partial charge in [-0.1, -0.05) is 6.07 Å². The number of aromatic nitrogens is 2. The highest BCUT2D eigenvalue weighted by Gasteiger charge is 2.30. The van der Waals surface area contributed by atoms with E-state index >= 15 is 0 Å². The molecule has 1 aliphatic heterocycles. The minimum atomic E-state index is -0.130. The van der Waals surface area contributed by atoms with Crippen LogP contribution in [0.1, 0.15) is 32.0 Å². The summed E-state index contributed by atoms with van der Waals surface area (Å²) in [6.45, 7) is 8.23. The molecule has 8 heteroatoms. The van der Waals surface area contributed by atoms with Crippen LogP contribution in [0.5, 0.6) is 11.5 Å². The molecule has 0 atom stereocenters. The van der Waals surface area contributed by atoms with Gasteiger partial charge in [-0.2, -0.15) is 5.10 Å². The predicted octanol–water partition coefficient (Wildman–Crippen LogP) is 3.00. The standard InChI is InChI=1S/C21H26N4O3S/c1-4-25-16(9-11-22-25)14-17-20(26)24(21(29)23-17)12-10-15-7-8-18(27-5-2)19(13-15)28-6-3/h7-9,11,13-14H,4-6,10,12H2,1-3H3,(H,23,29)/b17-14+. The van der Waals surface area contributed by atoms with Crippen LogP contribution < -0.4 is 14.8 Å². The van der Waals surface area contributed by atoms with Gasteiger partial charge in [0.25, 0.3) is 5.91 Å². The fourth-order valence-corrected chi connectivity index (χ4v) is 3.43. The number of nitrogens with zero attached hydrogens (tertiary/aromatic N) is 3. The zero-order chi connectivity index (χ0) is 20.8. The Balaban J connectivity index is 1.70. The van der Waals surface area contributed by atoms with E-state index in [-0.39, 0.29) is 5.91 Å². The quantitative estimate of drug-likeness (QED) is 0.503. The number of carbonyl (C=O) groups excluding carboxylic acids is 1. The van der Waals surface area contributed by atoms with Crippen molar-refractivity contribution in [3.63, 3.8) is 0 Å². The second kappa shape index (κ2) is 9.56. The third kappa shape index (κ3) is 4.76. The first kappa shape index (κ1) is 20.9. The summed E-state index contributed by atoms with van der Waals surface area (Å²) in [6, 6.07) is 7.72. The Morgan fingerprint density at radius 2 is 1.90 bits per heavy atom. The number of ether oxygens (including phenoxy) is 2. The fourth-order valence-electron chi connectivity index (χ4n) is 3.14. The van der Waals surface area contributed by atoms with Gasteiger partial charge in [-0.25, -0.2) is 0 Å². The molecule has 2 aromatic rings. The summed E-state index contributed by atoms with van der Waals surface area (Å²) in [7, 11) is 0. The van der Waals surface area contributed by atoms with Crippen molar-refractivity contribution in [3.05, 3.63) is 47.4 Å². The molecule has 1 aromatic carbocycles. The van der Waals surface area contributed by atoms with Crippen molar-refractivity contribution in [2.24, 2.45) is 0 Å². The first-order valence-electron chi connectivity index (χ1n) is 9.82. The Morgan fingerprint density at radius 3 is 2.62 bits per heavy atom. The van der Waals surface area contributed by atoms with Crippen molar-refractivity contribution in [2.75, 3.05) is 19.8 Å². The number of nitrogens with one attached hydrogen (secondary N) is 1. The molecule has 29 heavy (non-hydrogen) atoms. The molecule has 0 aliphatic carbocycles. The summed E-state index contributed by atoms with van der Waals surface area (Å²) >= 11 is 5.38. The highest BCUT2D eigenvalue weighted by Crippen LogP contribution is 2.29. The molecule has 0 radical (unpaired) electrons. The van der Waals surface area contributed by atoms with Crippen molar-refractivity contribution in [1.82, 2.24) is 20.0 Å². The van der Waals surface area contributed by atoms with Gasteiger partial charge in [0.2, 0.25) is 0 Å². The molecule has 1 saturated heterocycles. The van der Waals surface area contributed by atoms with E-state index in [1.165, 1.54) is 0 Å². The average Bonchev–Trinajstić information content (AvgIpc) is 3.26. The maximum absolute atomic E-state index is 12.8. The van der Waals surface area contributed by atoms with Crippen LogP contribution in [0.3, 0.4) is 0 Å². The van der Waals surface area contributed by atoms with E-state index in [1.807, 2.05) is 49.7 Å². The average molecular weight is 415 g/mol. The van der Waals surface area contributed by atoms with Crippen molar-refractivity contribution < 1.29 is 14.3 Å². The highest BCUT2D eigenvalue weighted by molar-refractivity contribution is 7.80. The third-order valence-electron chi connectivity index (χ3n) is 4.54. The topological polar surface area (TPSA) is 68.6 Å². The largest absolute Gasteiger partial charge is 0.490 e. The van der Waals surface area contributed by atoms with Gasteiger partial charge >= 0.3 is 0 Å². The molecule has 3 rings (SSSR count). The summed E-state index contributed by atoms with van der Waals surface area (Å²) in [5.41, 5.74) is 2.38. The number of hydrogen-bond acceptors (Lipinski definition) is 5. The van der Waals surface area contributed by atoms with Gasteiger partial charge in [-0.3, -0.25) is 14.4 Å². The first-order valence-corrected chi connectivity index (χ1v) is 10.2. The van der Waals surface area contributed by atoms with Crippen LogP contribution in [0, 0.1) is 0 Å². The number of aryl methyl sites for hydroxylation is 1. The molecule has 1 amide bonds. The normalized spacial score (nSPS) is 15.1. The van der Waals surface area contributed by atoms with E-state index in [2.05, 4.69) is 10.4 Å². The number of carbonyl (C=O) groups is 1. The molecule has 0 spiro atoms. The molecule has 0 unspecified atom stereocenters. The third-order valence-corrected chi connectivity index (χ3v) is 4.86. The fraction of sp³-hybridized carbons (Fsp3) is 0.381. The summed E-state index contributed by atoms with van der Waals surface area (Å²) in [5, 5.41) is 7.66. The number of thiocarbonyl (C=S) groups is 1. The Labute approximate surface area is 176 Å². The van der Waals surface area contributed by atoms with Crippen molar-refractivity contribution >= 4 is 29.3 Å². The Morgan fingerprint density at radius 1 is 1.14 bits per heavy atom. The zero-order valence-electron chi connectivity index (χ0n) is 17.0. The van der Waals surface area contributed by atoms with Gasteiger partial charge in [-0.15, -0.1) is 0 Å². The van der Waals surface area contributed by atoms with Crippen molar-refractivity contribution in [1.29, 1.82) is 0 Å². The lowest BCUT2D eigenvalue weighted by Crippen LogP contribution is -2.32.